The number of aliphatic hydroxyl groups excluding tert-OH is 2. The Hall–Kier alpha value is -0.420. The van der Waals surface area contributed by atoms with Gasteiger partial charge in [-0.25, -0.2) is 0 Å². The maximum atomic E-state index is 10.3. The minimum Gasteiger partial charge on any atom is -0.391 e. The van der Waals surface area contributed by atoms with E-state index >= 15 is 0 Å². The van der Waals surface area contributed by atoms with Gasteiger partial charge in [-0.1, -0.05) is 47.0 Å². The smallest absolute Gasteiger partial charge is 0.0813 e. The Labute approximate surface area is 129 Å². The number of likely N-dealkylation sites (N-methyl/N-ethyl adjacent to an activating group) is 1. The number of benzene rings is 1. The molecule has 0 saturated heterocycles. The molecule has 3 atom stereocenters. The summed E-state index contributed by atoms with van der Waals surface area (Å²) in [6.45, 7) is 0.796. The second-order valence-corrected chi connectivity index (χ2v) is 6.58. The van der Waals surface area contributed by atoms with Crippen LogP contribution in [-0.4, -0.2) is 40.9 Å². The predicted molar refractivity (Wildman–Crippen MR) is 84.6 cm³/mol. The van der Waals surface area contributed by atoms with Crippen molar-refractivity contribution in [1.82, 2.24) is 4.90 Å². The van der Waals surface area contributed by atoms with Crippen LogP contribution in [0.5, 0.6) is 0 Å². The Balaban J connectivity index is 1.86. The summed E-state index contributed by atoms with van der Waals surface area (Å²) < 4.78 is 0.952. The van der Waals surface area contributed by atoms with E-state index < -0.39 is 6.10 Å². The zero-order valence-corrected chi connectivity index (χ0v) is 13.6. The van der Waals surface area contributed by atoms with Crippen LogP contribution in [0.1, 0.15) is 43.8 Å². The molecule has 1 aliphatic rings. The fourth-order valence-electron chi connectivity index (χ4n) is 3.00. The quantitative estimate of drug-likeness (QED) is 0.864. The van der Waals surface area contributed by atoms with Crippen molar-refractivity contribution in [3.8, 4) is 0 Å². The molecule has 0 radical (unpaired) electrons. The van der Waals surface area contributed by atoms with Crippen molar-refractivity contribution < 1.29 is 10.2 Å². The normalized spacial score (nSPS) is 24.9. The standard InChI is InChI=1S/C16H24BrNO2/c1-18(14-8-4-5-9-16(14)20)11-10-15(19)12-6-2-3-7-13(12)17/h2-3,6-7,14-16,19-20H,4-5,8-11H2,1H3. The fraction of sp³-hybridized carbons (Fsp3) is 0.625. The highest BCUT2D eigenvalue weighted by atomic mass is 79.9. The van der Waals surface area contributed by atoms with Crippen molar-refractivity contribution in [2.45, 2.75) is 50.4 Å². The zero-order valence-electron chi connectivity index (χ0n) is 12.0. The molecule has 1 aromatic carbocycles. The first-order chi connectivity index (χ1) is 9.59. The summed E-state index contributed by atoms with van der Waals surface area (Å²) in [5.74, 6) is 0. The SMILES string of the molecule is CN(CCC(O)c1ccccc1Br)C1CCCCC1O. The van der Waals surface area contributed by atoms with E-state index in [2.05, 4.69) is 20.8 Å². The minimum absolute atomic E-state index is 0.214. The zero-order chi connectivity index (χ0) is 14.5. The third-order valence-corrected chi connectivity index (χ3v) is 5.00. The lowest BCUT2D eigenvalue weighted by Gasteiger charge is -2.35. The molecule has 3 nitrogen and oxygen atoms in total. The molecule has 0 heterocycles. The van der Waals surface area contributed by atoms with Crippen LogP contribution in [0.4, 0.5) is 0 Å². The first-order valence-electron chi connectivity index (χ1n) is 7.40. The molecule has 0 spiro atoms. The van der Waals surface area contributed by atoms with Crippen molar-refractivity contribution in [1.29, 1.82) is 0 Å². The molecule has 4 heteroatoms. The van der Waals surface area contributed by atoms with Gasteiger partial charge < -0.3 is 15.1 Å². The second kappa shape index (κ2) is 7.55. The van der Waals surface area contributed by atoms with Crippen LogP contribution in [-0.2, 0) is 0 Å². The van der Waals surface area contributed by atoms with Gasteiger partial charge in [0.1, 0.15) is 0 Å². The first kappa shape index (κ1) is 16.0. The van der Waals surface area contributed by atoms with E-state index in [0.29, 0.717) is 6.42 Å². The fourth-order valence-corrected chi connectivity index (χ4v) is 3.55. The summed E-state index contributed by atoms with van der Waals surface area (Å²) in [5, 5.41) is 20.3. The van der Waals surface area contributed by atoms with E-state index in [0.717, 1.165) is 35.8 Å². The first-order valence-corrected chi connectivity index (χ1v) is 8.19. The van der Waals surface area contributed by atoms with Gasteiger partial charge >= 0.3 is 0 Å². The highest BCUT2D eigenvalue weighted by Gasteiger charge is 2.26. The average Bonchev–Trinajstić information content (AvgIpc) is 2.45. The van der Waals surface area contributed by atoms with Gasteiger partial charge in [-0.2, -0.15) is 0 Å². The molecule has 112 valence electrons. The highest BCUT2D eigenvalue weighted by molar-refractivity contribution is 9.10. The van der Waals surface area contributed by atoms with E-state index in [1.165, 1.54) is 6.42 Å². The molecule has 0 aliphatic heterocycles. The Bertz CT molecular complexity index is 427. The van der Waals surface area contributed by atoms with Gasteiger partial charge in [0.05, 0.1) is 12.2 Å². The maximum absolute atomic E-state index is 10.3. The largest absolute Gasteiger partial charge is 0.391 e. The Morgan fingerprint density at radius 3 is 2.70 bits per heavy atom. The predicted octanol–water partition coefficient (Wildman–Crippen LogP) is 3.11. The summed E-state index contributed by atoms with van der Waals surface area (Å²) in [5.41, 5.74) is 0.935. The molecular formula is C16H24BrNO2. The molecule has 1 aromatic rings. The van der Waals surface area contributed by atoms with Crippen molar-refractivity contribution >= 4 is 15.9 Å². The van der Waals surface area contributed by atoms with Crippen LogP contribution >= 0.6 is 15.9 Å². The topological polar surface area (TPSA) is 43.7 Å². The lowest BCUT2D eigenvalue weighted by molar-refractivity contribution is 0.0252. The second-order valence-electron chi connectivity index (χ2n) is 5.73. The summed E-state index contributed by atoms with van der Waals surface area (Å²) in [7, 11) is 2.05. The van der Waals surface area contributed by atoms with Gasteiger partial charge in [0.25, 0.3) is 0 Å². The van der Waals surface area contributed by atoms with Crippen molar-refractivity contribution in [3.05, 3.63) is 34.3 Å². The number of halogens is 1. The van der Waals surface area contributed by atoms with Crippen molar-refractivity contribution in [3.63, 3.8) is 0 Å². The van der Waals surface area contributed by atoms with Gasteiger partial charge in [-0.3, -0.25) is 0 Å². The molecule has 0 amide bonds. The number of hydrogen-bond donors (Lipinski definition) is 2. The number of hydrogen-bond acceptors (Lipinski definition) is 3. The highest BCUT2D eigenvalue weighted by Crippen LogP contribution is 2.27. The van der Waals surface area contributed by atoms with Crippen LogP contribution in [0.15, 0.2) is 28.7 Å². The van der Waals surface area contributed by atoms with Gasteiger partial charge in [0.15, 0.2) is 0 Å². The van der Waals surface area contributed by atoms with Gasteiger partial charge in [0.2, 0.25) is 0 Å². The van der Waals surface area contributed by atoms with Crippen LogP contribution in [0, 0.1) is 0 Å². The van der Waals surface area contributed by atoms with E-state index in [-0.39, 0.29) is 12.1 Å². The molecule has 1 aliphatic carbocycles. The maximum Gasteiger partial charge on any atom is 0.0813 e. The summed E-state index contributed by atoms with van der Waals surface area (Å²) in [6, 6.07) is 8.04. The Morgan fingerprint density at radius 2 is 2.00 bits per heavy atom. The molecule has 0 bridgehead atoms. The third-order valence-electron chi connectivity index (χ3n) is 4.28. The molecule has 0 aromatic heterocycles. The van der Waals surface area contributed by atoms with Crippen LogP contribution in [0.2, 0.25) is 0 Å². The van der Waals surface area contributed by atoms with Crippen LogP contribution in [0.3, 0.4) is 0 Å². The number of nitrogens with zero attached hydrogens (tertiary/aromatic N) is 1. The molecule has 20 heavy (non-hydrogen) atoms. The van der Waals surface area contributed by atoms with E-state index in [4.69, 9.17) is 0 Å². The monoisotopic (exact) mass is 341 g/mol. The summed E-state index contributed by atoms with van der Waals surface area (Å²) in [6.07, 6.45) is 4.29. The van der Waals surface area contributed by atoms with Gasteiger partial charge in [-0.15, -0.1) is 0 Å². The summed E-state index contributed by atoms with van der Waals surface area (Å²) >= 11 is 3.48. The number of aliphatic hydroxyl groups is 2. The van der Waals surface area contributed by atoms with E-state index in [9.17, 15) is 10.2 Å². The van der Waals surface area contributed by atoms with Crippen molar-refractivity contribution in [2.24, 2.45) is 0 Å². The third kappa shape index (κ3) is 4.04. The minimum atomic E-state index is -0.464. The number of rotatable bonds is 5. The Morgan fingerprint density at radius 1 is 1.30 bits per heavy atom. The molecule has 2 N–H and O–H groups in total. The van der Waals surface area contributed by atoms with E-state index in [1.54, 1.807) is 0 Å². The lowest BCUT2D eigenvalue weighted by atomic mass is 9.91. The summed E-state index contributed by atoms with van der Waals surface area (Å²) in [4.78, 5) is 2.20. The van der Waals surface area contributed by atoms with Crippen LogP contribution in [0.25, 0.3) is 0 Å². The van der Waals surface area contributed by atoms with Gasteiger partial charge in [0, 0.05) is 17.1 Å². The average molecular weight is 342 g/mol. The molecule has 1 saturated carbocycles. The molecule has 1 fully saturated rings. The molecule has 3 unspecified atom stereocenters. The lowest BCUT2D eigenvalue weighted by Crippen LogP contribution is -2.43. The van der Waals surface area contributed by atoms with Crippen molar-refractivity contribution in [2.75, 3.05) is 13.6 Å². The van der Waals surface area contributed by atoms with Crippen LogP contribution < -0.4 is 0 Å². The van der Waals surface area contributed by atoms with E-state index in [1.807, 2.05) is 31.3 Å². The molecule has 2 rings (SSSR count). The van der Waals surface area contributed by atoms with Gasteiger partial charge in [-0.05, 0) is 37.9 Å². The molecular weight excluding hydrogens is 318 g/mol. The Kier molecular flexibility index (Phi) is 6.02.